The van der Waals surface area contributed by atoms with Crippen molar-refractivity contribution < 1.29 is 9.53 Å². The molecule has 0 aliphatic carbocycles. The van der Waals surface area contributed by atoms with Gasteiger partial charge in [0.25, 0.3) is 0 Å². The minimum absolute atomic E-state index is 0.108. The number of carbonyl (C=O) groups is 1. The summed E-state index contributed by atoms with van der Waals surface area (Å²) in [6.07, 6.45) is 0.986. The average Bonchev–Trinajstić information content (AvgIpc) is 2.87. The fourth-order valence-electron chi connectivity index (χ4n) is 2.41. The van der Waals surface area contributed by atoms with Crippen molar-refractivity contribution >= 4 is 17.4 Å². The van der Waals surface area contributed by atoms with Crippen molar-refractivity contribution in [2.75, 3.05) is 6.61 Å². The maximum absolute atomic E-state index is 12.2. The fourth-order valence-corrected chi connectivity index (χ4v) is 2.61. The Balaban J connectivity index is 2.16. The molecule has 1 aromatic heterocycles. The van der Waals surface area contributed by atoms with Crippen molar-refractivity contribution in [3.05, 3.63) is 16.4 Å². The first-order valence-corrected chi connectivity index (χ1v) is 6.78. The monoisotopic (exact) mass is 270 g/mol. The first kappa shape index (κ1) is 13.6. The molecule has 1 saturated heterocycles. The number of carbonyl (C=O) groups excluding carboxylic acids is 1. The van der Waals surface area contributed by atoms with Gasteiger partial charge in [-0.2, -0.15) is 5.10 Å². The van der Waals surface area contributed by atoms with Crippen LogP contribution in [0, 0.1) is 12.8 Å². The van der Waals surface area contributed by atoms with E-state index in [0.717, 1.165) is 24.4 Å². The van der Waals surface area contributed by atoms with Crippen LogP contribution in [0.4, 0.5) is 0 Å². The molecule has 2 unspecified atom stereocenters. The predicted octanol–water partition coefficient (Wildman–Crippen LogP) is 2.40. The van der Waals surface area contributed by atoms with Crippen LogP contribution in [-0.2, 0) is 22.5 Å². The lowest BCUT2D eigenvalue weighted by molar-refractivity contribution is -0.128. The van der Waals surface area contributed by atoms with Gasteiger partial charge in [0.15, 0.2) is 5.78 Å². The van der Waals surface area contributed by atoms with Gasteiger partial charge in [-0.3, -0.25) is 9.48 Å². The number of halogens is 1. The maximum Gasteiger partial charge on any atom is 0.167 e. The third kappa shape index (κ3) is 2.45. The molecule has 4 nitrogen and oxygen atoms in total. The first-order chi connectivity index (χ1) is 8.54. The number of hydrogen-bond donors (Lipinski definition) is 0. The van der Waals surface area contributed by atoms with Gasteiger partial charge >= 0.3 is 0 Å². The summed E-state index contributed by atoms with van der Waals surface area (Å²) >= 11 is 6.20. The van der Waals surface area contributed by atoms with Crippen molar-refractivity contribution in [3.8, 4) is 0 Å². The van der Waals surface area contributed by atoms with E-state index in [1.165, 1.54) is 0 Å². The molecular weight excluding hydrogens is 252 g/mol. The quantitative estimate of drug-likeness (QED) is 0.844. The number of aryl methyl sites for hydroxylation is 2. The number of ketones is 1. The number of nitrogens with zero attached hydrogens (tertiary/aromatic N) is 2. The molecule has 1 aliphatic rings. The van der Waals surface area contributed by atoms with Crippen LogP contribution in [0.15, 0.2) is 0 Å². The lowest BCUT2D eigenvalue weighted by Gasteiger charge is -2.13. The third-order valence-electron chi connectivity index (χ3n) is 3.50. The molecule has 0 saturated carbocycles. The number of hydrogen-bond acceptors (Lipinski definition) is 3. The van der Waals surface area contributed by atoms with E-state index in [4.69, 9.17) is 16.3 Å². The van der Waals surface area contributed by atoms with Crippen molar-refractivity contribution in [2.24, 2.45) is 5.92 Å². The molecule has 2 atom stereocenters. The molecule has 0 aromatic carbocycles. The van der Waals surface area contributed by atoms with Crippen LogP contribution < -0.4 is 0 Å². The zero-order chi connectivity index (χ0) is 13.3. The Kier molecular flexibility index (Phi) is 4.07. The standard InChI is InChI=1S/C13H19ClN2O2/c1-4-16-10(12(14)9(3)15-16)7-11(17)13-8(2)5-6-18-13/h8,13H,4-7H2,1-3H3. The topological polar surface area (TPSA) is 44.1 Å². The Labute approximate surface area is 112 Å². The van der Waals surface area contributed by atoms with Crippen LogP contribution >= 0.6 is 11.6 Å². The molecule has 0 N–H and O–H groups in total. The Morgan fingerprint density at radius 3 is 2.89 bits per heavy atom. The summed E-state index contributed by atoms with van der Waals surface area (Å²) < 4.78 is 7.30. The smallest absolute Gasteiger partial charge is 0.167 e. The van der Waals surface area contributed by atoms with E-state index in [9.17, 15) is 4.79 Å². The van der Waals surface area contributed by atoms with Gasteiger partial charge in [0, 0.05) is 13.2 Å². The van der Waals surface area contributed by atoms with Gasteiger partial charge in [0.05, 0.1) is 22.8 Å². The van der Waals surface area contributed by atoms with Crippen molar-refractivity contribution in [1.29, 1.82) is 0 Å². The molecule has 0 spiro atoms. The van der Waals surface area contributed by atoms with Crippen LogP contribution in [0.1, 0.15) is 31.7 Å². The molecule has 2 rings (SSSR count). The van der Waals surface area contributed by atoms with Crippen molar-refractivity contribution in [3.63, 3.8) is 0 Å². The van der Waals surface area contributed by atoms with E-state index >= 15 is 0 Å². The van der Waals surface area contributed by atoms with Gasteiger partial charge in [-0.25, -0.2) is 0 Å². The Morgan fingerprint density at radius 1 is 1.61 bits per heavy atom. The van der Waals surface area contributed by atoms with E-state index in [2.05, 4.69) is 12.0 Å². The minimum atomic E-state index is -0.276. The van der Waals surface area contributed by atoms with Crippen molar-refractivity contribution in [1.82, 2.24) is 9.78 Å². The van der Waals surface area contributed by atoms with Gasteiger partial charge in [-0.05, 0) is 26.2 Å². The molecule has 0 amide bonds. The van der Waals surface area contributed by atoms with Gasteiger partial charge < -0.3 is 4.74 Å². The second kappa shape index (κ2) is 5.41. The molecule has 1 aromatic rings. The Hall–Kier alpha value is -0.870. The molecule has 18 heavy (non-hydrogen) atoms. The summed E-state index contributed by atoms with van der Waals surface area (Å²) in [7, 11) is 0. The zero-order valence-corrected chi connectivity index (χ0v) is 11.8. The van der Waals surface area contributed by atoms with E-state index < -0.39 is 0 Å². The second-order valence-electron chi connectivity index (χ2n) is 4.86. The van der Waals surface area contributed by atoms with Gasteiger partial charge in [0.2, 0.25) is 0 Å². The summed E-state index contributed by atoms with van der Waals surface area (Å²) in [6.45, 7) is 7.30. The molecule has 0 bridgehead atoms. The highest BCUT2D eigenvalue weighted by atomic mass is 35.5. The van der Waals surface area contributed by atoms with Crippen LogP contribution in [-0.4, -0.2) is 28.3 Å². The number of aromatic nitrogens is 2. The minimum Gasteiger partial charge on any atom is -0.370 e. The van der Waals surface area contributed by atoms with Gasteiger partial charge in [-0.15, -0.1) is 0 Å². The lowest BCUT2D eigenvalue weighted by Crippen LogP contribution is -2.27. The Morgan fingerprint density at radius 2 is 2.33 bits per heavy atom. The number of Topliss-reactive ketones (excluding diaryl/α,β-unsaturated/α-hetero) is 1. The molecule has 2 heterocycles. The molecule has 0 radical (unpaired) electrons. The zero-order valence-electron chi connectivity index (χ0n) is 11.1. The summed E-state index contributed by atoms with van der Waals surface area (Å²) in [5, 5.41) is 4.93. The molecular formula is C13H19ClN2O2. The summed E-state index contributed by atoms with van der Waals surface area (Å²) in [5.41, 5.74) is 1.59. The molecule has 5 heteroatoms. The average molecular weight is 271 g/mol. The van der Waals surface area contributed by atoms with E-state index in [0.29, 0.717) is 24.0 Å². The Bertz CT molecular complexity index is 456. The van der Waals surface area contributed by atoms with Crippen LogP contribution in [0.3, 0.4) is 0 Å². The highest BCUT2D eigenvalue weighted by Gasteiger charge is 2.31. The van der Waals surface area contributed by atoms with E-state index in [1.54, 1.807) is 4.68 Å². The second-order valence-corrected chi connectivity index (χ2v) is 5.24. The number of ether oxygens (including phenoxy) is 1. The fraction of sp³-hybridized carbons (Fsp3) is 0.692. The van der Waals surface area contributed by atoms with E-state index in [1.807, 2.05) is 13.8 Å². The van der Waals surface area contributed by atoms with Gasteiger partial charge in [-0.1, -0.05) is 18.5 Å². The number of rotatable bonds is 4. The summed E-state index contributed by atoms with van der Waals surface area (Å²) in [4.78, 5) is 12.2. The molecule has 1 aliphatic heterocycles. The highest BCUT2D eigenvalue weighted by Crippen LogP contribution is 2.25. The van der Waals surface area contributed by atoms with Crippen molar-refractivity contribution in [2.45, 2.75) is 46.3 Å². The largest absolute Gasteiger partial charge is 0.370 e. The normalized spacial score (nSPS) is 23.6. The summed E-state index contributed by atoms with van der Waals surface area (Å²) in [5.74, 6) is 0.409. The van der Waals surface area contributed by atoms with Crippen LogP contribution in [0.25, 0.3) is 0 Å². The van der Waals surface area contributed by atoms with E-state index in [-0.39, 0.29) is 11.9 Å². The summed E-state index contributed by atoms with van der Waals surface area (Å²) in [6, 6.07) is 0. The van der Waals surface area contributed by atoms with Gasteiger partial charge in [0.1, 0.15) is 6.10 Å². The molecule has 1 fully saturated rings. The third-order valence-corrected chi connectivity index (χ3v) is 3.99. The van der Waals surface area contributed by atoms with Crippen LogP contribution in [0.2, 0.25) is 5.02 Å². The maximum atomic E-state index is 12.2. The highest BCUT2D eigenvalue weighted by molar-refractivity contribution is 6.32. The SMILES string of the molecule is CCn1nc(C)c(Cl)c1CC(=O)C1OCCC1C. The lowest BCUT2D eigenvalue weighted by atomic mass is 9.98. The predicted molar refractivity (Wildman–Crippen MR) is 69.9 cm³/mol. The van der Waals surface area contributed by atoms with Crippen LogP contribution in [0.5, 0.6) is 0 Å². The first-order valence-electron chi connectivity index (χ1n) is 6.40. The molecule has 100 valence electrons.